The quantitative estimate of drug-likeness (QED) is 0.722. The van der Waals surface area contributed by atoms with E-state index < -0.39 is 0 Å². The molecule has 0 saturated carbocycles. The summed E-state index contributed by atoms with van der Waals surface area (Å²) in [6.07, 6.45) is 5.91. The van der Waals surface area contributed by atoms with Gasteiger partial charge in [0.2, 0.25) is 0 Å². The average molecular weight is 422 g/mol. The predicted molar refractivity (Wildman–Crippen MR) is 125 cm³/mol. The fourth-order valence-corrected chi connectivity index (χ4v) is 6.32. The number of hydrogen-bond donors (Lipinski definition) is 0. The van der Waals surface area contributed by atoms with Gasteiger partial charge in [0.1, 0.15) is 5.75 Å². The molecule has 3 aliphatic heterocycles. The first-order chi connectivity index (χ1) is 15.2. The standard InChI is InChI=1S/C26H35N3O2/c1-3-5-24-19-16-20(25-6-4-7-26(30)29(24)25)18-28(17-19)22-12-14-27(15-13-22)21-8-10-23(31-2)11-9-21/h4,6-11,19-20,22,24H,3,5,12-18H2,1-2H3/t19-,20+,24-/m0/s1. The molecule has 5 heteroatoms. The van der Waals surface area contributed by atoms with Crippen LogP contribution in [-0.2, 0) is 0 Å². The first-order valence-electron chi connectivity index (χ1n) is 12.0. The SMILES string of the molecule is CCC[C@H]1[C@H]2C[C@H](CN(C3CCN(c4ccc(OC)cc4)CC3)C2)c2cccc(=O)n21. The smallest absolute Gasteiger partial charge is 0.250 e. The Hall–Kier alpha value is -2.27. The van der Waals surface area contributed by atoms with Crippen molar-refractivity contribution in [2.75, 3.05) is 38.2 Å². The molecule has 2 fully saturated rings. The number of nitrogens with zero attached hydrogens (tertiary/aromatic N) is 3. The van der Waals surface area contributed by atoms with Gasteiger partial charge < -0.3 is 14.2 Å². The third kappa shape index (κ3) is 3.89. The van der Waals surface area contributed by atoms with Crippen molar-refractivity contribution >= 4 is 5.69 Å². The van der Waals surface area contributed by atoms with Crippen molar-refractivity contribution in [3.05, 3.63) is 58.5 Å². The number of aromatic nitrogens is 1. The molecule has 0 unspecified atom stereocenters. The maximum Gasteiger partial charge on any atom is 0.250 e. The number of pyridine rings is 1. The van der Waals surface area contributed by atoms with Gasteiger partial charge in [-0.3, -0.25) is 9.69 Å². The summed E-state index contributed by atoms with van der Waals surface area (Å²) < 4.78 is 7.46. The molecule has 0 spiro atoms. The van der Waals surface area contributed by atoms with Crippen molar-refractivity contribution < 1.29 is 4.74 Å². The van der Waals surface area contributed by atoms with Crippen LogP contribution in [0.25, 0.3) is 0 Å². The fourth-order valence-electron chi connectivity index (χ4n) is 6.32. The van der Waals surface area contributed by atoms with E-state index in [-0.39, 0.29) is 5.56 Å². The minimum Gasteiger partial charge on any atom is -0.497 e. The van der Waals surface area contributed by atoms with Crippen LogP contribution in [0.2, 0.25) is 0 Å². The van der Waals surface area contributed by atoms with E-state index in [1.807, 2.05) is 6.07 Å². The largest absolute Gasteiger partial charge is 0.497 e. The first kappa shape index (κ1) is 20.6. The number of likely N-dealkylation sites (tertiary alicyclic amines) is 1. The van der Waals surface area contributed by atoms with Crippen molar-refractivity contribution in [3.8, 4) is 5.75 Å². The normalized spacial score (nSPS) is 26.5. The molecule has 1 aromatic carbocycles. The first-order valence-corrected chi connectivity index (χ1v) is 12.0. The zero-order valence-electron chi connectivity index (χ0n) is 18.9. The van der Waals surface area contributed by atoms with Crippen molar-refractivity contribution in [2.45, 2.75) is 57.0 Å². The van der Waals surface area contributed by atoms with E-state index >= 15 is 0 Å². The Morgan fingerprint density at radius 1 is 1.03 bits per heavy atom. The zero-order chi connectivity index (χ0) is 21.4. The van der Waals surface area contributed by atoms with Gasteiger partial charge in [0, 0.05) is 61.6 Å². The van der Waals surface area contributed by atoms with E-state index in [9.17, 15) is 4.79 Å². The van der Waals surface area contributed by atoms with Crippen molar-refractivity contribution in [1.29, 1.82) is 0 Å². The van der Waals surface area contributed by atoms with Crippen LogP contribution in [0.15, 0.2) is 47.3 Å². The number of benzene rings is 1. The molecule has 4 heterocycles. The molecule has 0 amide bonds. The minimum absolute atomic E-state index is 0.201. The summed E-state index contributed by atoms with van der Waals surface area (Å²) in [4.78, 5) is 18.0. The maximum absolute atomic E-state index is 12.7. The molecule has 2 aromatic rings. The Balaban J connectivity index is 1.29. The number of hydrogen-bond acceptors (Lipinski definition) is 4. The maximum atomic E-state index is 12.7. The van der Waals surface area contributed by atoms with Gasteiger partial charge in [0.05, 0.1) is 7.11 Å². The summed E-state index contributed by atoms with van der Waals surface area (Å²) in [7, 11) is 1.72. The summed E-state index contributed by atoms with van der Waals surface area (Å²) in [5.41, 5.74) is 2.78. The van der Waals surface area contributed by atoms with Gasteiger partial charge in [0.25, 0.3) is 5.56 Å². The van der Waals surface area contributed by atoms with Crippen LogP contribution >= 0.6 is 0 Å². The van der Waals surface area contributed by atoms with Crippen LogP contribution in [0.1, 0.15) is 56.7 Å². The van der Waals surface area contributed by atoms with E-state index in [0.717, 1.165) is 44.8 Å². The lowest BCUT2D eigenvalue weighted by molar-refractivity contribution is 0.0481. The Labute approximate surface area is 185 Å². The van der Waals surface area contributed by atoms with Crippen molar-refractivity contribution in [2.24, 2.45) is 5.92 Å². The molecule has 166 valence electrons. The summed E-state index contributed by atoms with van der Waals surface area (Å²) in [5, 5.41) is 0. The number of rotatable bonds is 5. The molecular formula is C26H35N3O2. The monoisotopic (exact) mass is 421 g/mol. The lowest BCUT2D eigenvalue weighted by Crippen LogP contribution is -2.54. The highest BCUT2D eigenvalue weighted by molar-refractivity contribution is 5.49. The summed E-state index contributed by atoms with van der Waals surface area (Å²) in [6.45, 7) is 6.71. The highest BCUT2D eigenvalue weighted by atomic mass is 16.5. The van der Waals surface area contributed by atoms with E-state index in [2.05, 4.69) is 51.6 Å². The van der Waals surface area contributed by atoms with Gasteiger partial charge in [-0.15, -0.1) is 0 Å². The van der Waals surface area contributed by atoms with Crippen LogP contribution in [-0.4, -0.2) is 48.8 Å². The number of fused-ring (bicyclic) bond motifs is 4. The fraction of sp³-hybridized carbons (Fsp3) is 0.577. The van der Waals surface area contributed by atoms with E-state index in [4.69, 9.17) is 4.74 Å². The van der Waals surface area contributed by atoms with Crippen molar-refractivity contribution in [1.82, 2.24) is 9.47 Å². The molecule has 0 radical (unpaired) electrons. The van der Waals surface area contributed by atoms with Gasteiger partial charge >= 0.3 is 0 Å². The molecular weight excluding hydrogens is 386 g/mol. The molecule has 5 rings (SSSR count). The summed E-state index contributed by atoms with van der Waals surface area (Å²) >= 11 is 0. The molecule has 31 heavy (non-hydrogen) atoms. The number of methoxy groups -OCH3 is 1. The van der Waals surface area contributed by atoms with E-state index in [1.54, 1.807) is 13.2 Å². The van der Waals surface area contributed by atoms with E-state index in [1.165, 1.54) is 30.6 Å². The number of anilines is 1. The minimum atomic E-state index is 0.201. The molecule has 1 aromatic heterocycles. The van der Waals surface area contributed by atoms with Gasteiger partial charge in [-0.25, -0.2) is 0 Å². The Bertz CT molecular complexity index is 946. The number of ether oxygens (including phenoxy) is 1. The molecule has 0 aliphatic carbocycles. The van der Waals surface area contributed by atoms with Crippen LogP contribution < -0.4 is 15.2 Å². The van der Waals surface area contributed by atoms with Gasteiger partial charge in [0.15, 0.2) is 0 Å². The van der Waals surface area contributed by atoms with E-state index in [0.29, 0.717) is 23.9 Å². The third-order valence-corrected chi connectivity index (χ3v) is 7.83. The average Bonchev–Trinajstić information content (AvgIpc) is 2.82. The molecule has 3 aliphatic rings. The Morgan fingerprint density at radius 2 is 1.81 bits per heavy atom. The second-order valence-electron chi connectivity index (χ2n) is 9.58. The molecule has 3 atom stereocenters. The van der Waals surface area contributed by atoms with Crippen LogP contribution in [0.5, 0.6) is 5.75 Å². The lowest BCUT2D eigenvalue weighted by atomic mass is 9.76. The predicted octanol–water partition coefficient (Wildman–Crippen LogP) is 4.29. The van der Waals surface area contributed by atoms with Crippen LogP contribution in [0.3, 0.4) is 0 Å². The topological polar surface area (TPSA) is 37.7 Å². The molecule has 5 nitrogen and oxygen atoms in total. The molecule has 2 bridgehead atoms. The Kier molecular flexibility index (Phi) is 5.79. The summed E-state index contributed by atoms with van der Waals surface area (Å²) in [5.74, 6) is 2.02. The highest BCUT2D eigenvalue weighted by Gasteiger charge is 2.42. The van der Waals surface area contributed by atoms with Crippen LogP contribution in [0, 0.1) is 5.92 Å². The molecule has 0 N–H and O–H groups in total. The zero-order valence-corrected chi connectivity index (χ0v) is 18.9. The van der Waals surface area contributed by atoms with Crippen molar-refractivity contribution in [3.63, 3.8) is 0 Å². The second-order valence-corrected chi connectivity index (χ2v) is 9.58. The van der Waals surface area contributed by atoms with Gasteiger partial charge in [-0.05, 0) is 61.9 Å². The lowest BCUT2D eigenvalue weighted by Gasteiger charge is -2.50. The third-order valence-electron chi connectivity index (χ3n) is 7.83. The highest BCUT2D eigenvalue weighted by Crippen LogP contribution is 2.44. The van der Waals surface area contributed by atoms with Gasteiger partial charge in [-0.1, -0.05) is 19.4 Å². The summed E-state index contributed by atoms with van der Waals surface area (Å²) in [6, 6.07) is 15.4. The van der Waals surface area contributed by atoms with Crippen LogP contribution in [0.4, 0.5) is 5.69 Å². The Morgan fingerprint density at radius 3 is 2.52 bits per heavy atom. The van der Waals surface area contributed by atoms with Gasteiger partial charge in [-0.2, -0.15) is 0 Å². The second kappa shape index (κ2) is 8.70. The number of piperidine rings is 2. The molecule has 2 saturated heterocycles.